The van der Waals surface area contributed by atoms with Gasteiger partial charge in [-0.3, -0.25) is 4.79 Å². The highest BCUT2D eigenvalue weighted by Crippen LogP contribution is 2.37. The van der Waals surface area contributed by atoms with Crippen LogP contribution >= 0.6 is 0 Å². The summed E-state index contributed by atoms with van der Waals surface area (Å²) in [5, 5.41) is 5.38. The van der Waals surface area contributed by atoms with E-state index in [1.165, 1.54) is 30.7 Å². The number of hydrogen-bond acceptors (Lipinski definition) is 4. The molecule has 196 valence electrons. The molecule has 0 fully saturated rings. The summed E-state index contributed by atoms with van der Waals surface area (Å²) < 4.78 is 93.9. The summed E-state index contributed by atoms with van der Waals surface area (Å²) in [5.74, 6) is -1.24. The molecule has 1 amide bonds. The van der Waals surface area contributed by atoms with E-state index in [9.17, 15) is 30.7 Å². The highest BCUT2D eigenvalue weighted by molar-refractivity contribution is 6.02. The summed E-state index contributed by atoms with van der Waals surface area (Å²) >= 11 is 0. The molecular formula is C24H25F7N4O. The van der Waals surface area contributed by atoms with E-state index >= 15 is 0 Å². The van der Waals surface area contributed by atoms with Crippen molar-refractivity contribution in [2.75, 3.05) is 0 Å². The maximum atomic E-state index is 14.0. The topological polar surface area (TPSA) is 71.6 Å². The van der Waals surface area contributed by atoms with Crippen LogP contribution in [0.25, 0.3) is 5.57 Å². The van der Waals surface area contributed by atoms with Crippen LogP contribution in [0.4, 0.5) is 30.7 Å². The number of primary amides is 1. The van der Waals surface area contributed by atoms with Crippen LogP contribution in [0.1, 0.15) is 49.4 Å². The molecule has 5 nitrogen and oxygen atoms in total. The highest BCUT2D eigenvalue weighted by atomic mass is 19.4. The number of halogens is 7. The van der Waals surface area contributed by atoms with Gasteiger partial charge in [-0.05, 0) is 54.8 Å². The molecule has 1 heterocycles. The summed E-state index contributed by atoms with van der Waals surface area (Å²) in [6, 6.07) is 4.33. The van der Waals surface area contributed by atoms with Gasteiger partial charge in [-0.1, -0.05) is 20.4 Å². The minimum atomic E-state index is -4.98. The Labute approximate surface area is 203 Å². The second-order valence-corrected chi connectivity index (χ2v) is 7.44. The molecule has 0 bridgehead atoms. The van der Waals surface area contributed by atoms with Gasteiger partial charge in [0.05, 0.1) is 16.8 Å². The lowest BCUT2D eigenvalue weighted by Gasteiger charge is -2.20. The van der Waals surface area contributed by atoms with Gasteiger partial charge in [-0.2, -0.15) is 35.8 Å². The Morgan fingerprint density at radius 3 is 2.11 bits per heavy atom. The number of alkyl halides is 6. The zero-order valence-corrected chi connectivity index (χ0v) is 19.7. The first-order valence-corrected chi connectivity index (χ1v) is 10.4. The molecule has 0 aliphatic carbocycles. The van der Waals surface area contributed by atoms with Crippen molar-refractivity contribution in [1.29, 1.82) is 0 Å². The van der Waals surface area contributed by atoms with Crippen molar-refractivity contribution in [2.24, 2.45) is 16.8 Å². The second kappa shape index (κ2) is 12.8. The van der Waals surface area contributed by atoms with Crippen molar-refractivity contribution in [3.63, 3.8) is 0 Å². The number of allylic oxidation sites excluding steroid dienone is 1. The molecule has 2 rings (SSSR count). The van der Waals surface area contributed by atoms with Crippen LogP contribution in [0.2, 0.25) is 0 Å². The molecule has 1 atom stereocenters. The SMILES string of the molecule is C=CN(/C=C(\C)c1cccnc1F)/N=C(/c1cc(C(F)(F)F)cc(C(F)(F)F)c1)C(C)CC.NC=O. The molecule has 0 saturated heterocycles. The van der Waals surface area contributed by atoms with Crippen LogP contribution in [0.3, 0.4) is 0 Å². The Hall–Kier alpha value is -3.70. The monoisotopic (exact) mass is 518 g/mol. The standard InChI is InChI=1S/C23H22F7N3.CH3NO/c1-5-14(3)20(16-10-17(22(25,26)27)12-18(11-16)23(28,29)30)32-33(6-2)13-15(4)19-8-7-9-31-21(19)24;2-1-3/h6-14H,2,5H2,1,3-4H3;1H,(H2,2,3)/b15-13+,32-20+;. The molecule has 0 aliphatic rings. The fourth-order valence-electron chi connectivity index (χ4n) is 2.93. The number of carbonyl (C=O) groups is 1. The van der Waals surface area contributed by atoms with Gasteiger partial charge < -0.3 is 5.73 Å². The number of aromatic nitrogens is 1. The van der Waals surface area contributed by atoms with Crippen LogP contribution in [-0.2, 0) is 17.1 Å². The largest absolute Gasteiger partial charge is 0.416 e. The summed E-state index contributed by atoms with van der Waals surface area (Å²) in [6.45, 7) is 8.49. The molecule has 2 aromatic rings. The van der Waals surface area contributed by atoms with Gasteiger partial charge in [-0.15, -0.1) is 0 Å². The fourth-order valence-corrected chi connectivity index (χ4v) is 2.93. The molecule has 1 aromatic heterocycles. The van der Waals surface area contributed by atoms with E-state index in [2.05, 4.69) is 22.4 Å². The molecule has 0 aliphatic heterocycles. The third-order valence-corrected chi connectivity index (χ3v) is 4.88. The molecule has 0 spiro atoms. The third-order valence-electron chi connectivity index (χ3n) is 4.88. The van der Waals surface area contributed by atoms with Crippen LogP contribution in [0, 0.1) is 11.9 Å². The van der Waals surface area contributed by atoms with Gasteiger partial charge in [-0.25, -0.2) is 9.99 Å². The van der Waals surface area contributed by atoms with E-state index in [4.69, 9.17) is 4.79 Å². The summed E-state index contributed by atoms with van der Waals surface area (Å²) in [6.07, 6.45) is -5.50. The van der Waals surface area contributed by atoms with Gasteiger partial charge >= 0.3 is 12.4 Å². The Bertz CT molecular complexity index is 1080. The third kappa shape index (κ3) is 8.51. The van der Waals surface area contributed by atoms with Crippen molar-refractivity contribution >= 4 is 17.7 Å². The number of amides is 1. The number of hydrazone groups is 1. The number of benzene rings is 1. The predicted molar refractivity (Wildman–Crippen MR) is 123 cm³/mol. The Morgan fingerprint density at radius 2 is 1.69 bits per heavy atom. The average molecular weight is 518 g/mol. The van der Waals surface area contributed by atoms with Crippen molar-refractivity contribution in [3.8, 4) is 0 Å². The first-order chi connectivity index (χ1) is 16.7. The smallest absolute Gasteiger partial charge is 0.372 e. The maximum Gasteiger partial charge on any atom is 0.416 e. The molecule has 0 saturated carbocycles. The summed E-state index contributed by atoms with van der Waals surface area (Å²) in [4.78, 5) is 12.1. The minimum absolute atomic E-state index is 0.00953. The van der Waals surface area contributed by atoms with Gasteiger partial charge in [0, 0.05) is 30.1 Å². The van der Waals surface area contributed by atoms with Gasteiger partial charge in [0.1, 0.15) is 0 Å². The summed E-state index contributed by atoms with van der Waals surface area (Å²) in [5.41, 5.74) is 1.49. The molecule has 0 radical (unpaired) electrons. The van der Waals surface area contributed by atoms with Crippen LogP contribution in [0.5, 0.6) is 0 Å². The Morgan fingerprint density at radius 1 is 1.17 bits per heavy atom. The zero-order valence-electron chi connectivity index (χ0n) is 19.7. The fraction of sp³-hybridized carbons (Fsp3) is 0.292. The minimum Gasteiger partial charge on any atom is -0.372 e. The predicted octanol–water partition coefficient (Wildman–Crippen LogP) is 6.62. The molecule has 36 heavy (non-hydrogen) atoms. The molecular weight excluding hydrogens is 493 g/mol. The average Bonchev–Trinajstić information content (AvgIpc) is 2.80. The Kier molecular flexibility index (Phi) is 10.8. The molecule has 2 N–H and O–H groups in total. The number of nitrogens with zero attached hydrogens (tertiary/aromatic N) is 3. The lowest BCUT2D eigenvalue weighted by molar-refractivity contribution is -0.143. The van der Waals surface area contributed by atoms with Crippen LogP contribution in [-0.4, -0.2) is 22.1 Å². The lowest BCUT2D eigenvalue weighted by Crippen LogP contribution is -2.19. The first-order valence-electron chi connectivity index (χ1n) is 10.4. The number of carbonyl (C=O) groups excluding carboxylic acids is 1. The maximum absolute atomic E-state index is 14.0. The van der Waals surface area contributed by atoms with Gasteiger partial charge in [0.2, 0.25) is 12.4 Å². The van der Waals surface area contributed by atoms with Crippen molar-refractivity contribution in [2.45, 2.75) is 39.5 Å². The van der Waals surface area contributed by atoms with E-state index in [0.29, 0.717) is 24.1 Å². The van der Waals surface area contributed by atoms with E-state index in [-0.39, 0.29) is 29.3 Å². The van der Waals surface area contributed by atoms with Crippen LogP contribution < -0.4 is 5.73 Å². The van der Waals surface area contributed by atoms with E-state index in [0.717, 1.165) is 5.01 Å². The number of rotatable bonds is 7. The van der Waals surface area contributed by atoms with Gasteiger partial charge in [0.15, 0.2) is 0 Å². The Balaban J connectivity index is 0.00000205. The molecule has 12 heteroatoms. The van der Waals surface area contributed by atoms with E-state index in [1.54, 1.807) is 20.8 Å². The summed E-state index contributed by atoms with van der Waals surface area (Å²) in [7, 11) is 0. The second-order valence-electron chi connectivity index (χ2n) is 7.44. The van der Waals surface area contributed by atoms with Crippen molar-refractivity contribution in [3.05, 3.63) is 83.7 Å². The van der Waals surface area contributed by atoms with Crippen molar-refractivity contribution in [1.82, 2.24) is 9.99 Å². The first kappa shape index (κ1) is 30.3. The number of hydrogen-bond donors (Lipinski definition) is 1. The molecule has 1 unspecified atom stereocenters. The highest BCUT2D eigenvalue weighted by Gasteiger charge is 2.37. The molecule has 1 aromatic carbocycles. The quantitative estimate of drug-likeness (QED) is 0.147. The lowest BCUT2D eigenvalue weighted by atomic mass is 9.93. The number of pyridine rings is 1. The zero-order chi connectivity index (χ0) is 27.7. The van der Waals surface area contributed by atoms with Gasteiger partial charge in [0.25, 0.3) is 0 Å². The van der Waals surface area contributed by atoms with E-state index < -0.39 is 35.3 Å². The van der Waals surface area contributed by atoms with Crippen LogP contribution in [0.15, 0.2) is 60.6 Å². The van der Waals surface area contributed by atoms with E-state index in [1.807, 2.05) is 0 Å². The normalized spacial score (nSPS) is 13.4. The van der Waals surface area contributed by atoms with Crippen molar-refractivity contribution < 1.29 is 35.5 Å². The number of nitrogens with two attached hydrogens (primary N) is 1.